The van der Waals surface area contributed by atoms with Gasteiger partial charge in [0.25, 0.3) is 0 Å². The highest BCUT2D eigenvalue weighted by molar-refractivity contribution is 6.21. The Labute approximate surface area is 335 Å². The lowest BCUT2D eigenvalue weighted by Gasteiger charge is -2.34. The van der Waals surface area contributed by atoms with Gasteiger partial charge in [-0.1, -0.05) is 136 Å². The van der Waals surface area contributed by atoms with Crippen molar-refractivity contribution in [2.24, 2.45) is 21.8 Å². The van der Waals surface area contributed by atoms with Gasteiger partial charge in [0, 0.05) is 61.4 Å². The van der Waals surface area contributed by atoms with Crippen LogP contribution in [0, 0.1) is 11.8 Å². The lowest BCUT2D eigenvalue weighted by atomic mass is 9.74. The van der Waals surface area contributed by atoms with Crippen molar-refractivity contribution in [3.8, 4) is 11.4 Å². The molecule has 10 aromatic rings. The van der Waals surface area contributed by atoms with Crippen molar-refractivity contribution in [2.75, 3.05) is 0 Å². The molecule has 3 aliphatic rings. The summed E-state index contributed by atoms with van der Waals surface area (Å²) >= 11 is 0. The van der Waals surface area contributed by atoms with Crippen molar-refractivity contribution in [2.45, 2.75) is 31.8 Å². The van der Waals surface area contributed by atoms with Crippen molar-refractivity contribution in [1.82, 2.24) is 13.7 Å². The first-order valence-electron chi connectivity index (χ1n) is 20.5. The van der Waals surface area contributed by atoms with Crippen LogP contribution in [0.4, 0.5) is 0 Å². The van der Waals surface area contributed by atoms with Crippen LogP contribution in [0.5, 0.6) is 0 Å². The second-order valence-corrected chi connectivity index (χ2v) is 17.0. The third-order valence-corrected chi connectivity index (χ3v) is 13.8. The lowest BCUT2D eigenvalue weighted by Crippen LogP contribution is -2.28. The average Bonchev–Trinajstić information content (AvgIpc) is 3.61. The largest absolute Gasteiger partial charge is 0.316 e. The van der Waals surface area contributed by atoms with E-state index in [1.54, 1.807) is 0 Å². The number of benzene rings is 7. The number of aromatic nitrogens is 3. The highest BCUT2D eigenvalue weighted by atomic mass is 15.3. The molecule has 0 amide bonds. The van der Waals surface area contributed by atoms with E-state index in [9.17, 15) is 0 Å². The lowest BCUT2D eigenvalue weighted by molar-refractivity contribution is 0.483. The summed E-state index contributed by atoms with van der Waals surface area (Å²) in [5.41, 5.74) is 13.9. The summed E-state index contributed by atoms with van der Waals surface area (Å²) < 4.78 is 7.48. The maximum atomic E-state index is 5.68. The van der Waals surface area contributed by atoms with Crippen molar-refractivity contribution in [1.29, 1.82) is 0 Å². The predicted octanol–water partition coefficient (Wildman–Crippen LogP) is 12.3. The van der Waals surface area contributed by atoms with Crippen LogP contribution in [0.25, 0.3) is 65.9 Å². The van der Waals surface area contributed by atoms with Crippen LogP contribution in [0.15, 0.2) is 180 Å². The minimum absolute atomic E-state index is 0.137. The standard InChI is InChI=1S/C53H39N5/c1-32-47-48(33-16-6-4-7-17-33)54-51(34-18-8-5-9-19-34)55-53(32,47)58-44-24-14-11-20-36(44)39-30-35(26-27-45(39)58)57-43-23-13-10-21-37(43)40-31-42-50-38(49(40)57)28-29-56(50)46-25-15-12-22-41(46)52(42,2)3/h4-32,47H,1-3H3. The van der Waals surface area contributed by atoms with Gasteiger partial charge < -0.3 is 13.7 Å². The first-order valence-corrected chi connectivity index (χ1v) is 20.5. The van der Waals surface area contributed by atoms with Gasteiger partial charge in [-0.2, -0.15) is 0 Å². The van der Waals surface area contributed by atoms with E-state index in [0.29, 0.717) is 0 Å². The second kappa shape index (κ2) is 11.1. The summed E-state index contributed by atoms with van der Waals surface area (Å²) in [6.07, 6.45) is 2.27. The number of amidine groups is 1. The van der Waals surface area contributed by atoms with E-state index in [-0.39, 0.29) is 17.3 Å². The Morgan fingerprint density at radius 1 is 0.534 bits per heavy atom. The van der Waals surface area contributed by atoms with E-state index >= 15 is 0 Å². The quantitative estimate of drug-likeness (QED) is 0.172. The Morgan fingerprint density at radius 2 is 1.19 bits per heavy atom. The molecule has 0 spiro atoms. The van der Waals surface area contributed by atoms with Gasteiger partial charge in [0.05, 0.1) is 39.2 Å². The van der Waals surface area contributed by atoms with Gasteiger partial charge in [0.15, 0.2) is 11.5 Å². The maximum Gasteiger partial charge on any atom is 0.157 e. The van der Waals surface area contributed by atoms with Gasteiger partial charge in [-0.15, -0.1) is 0 Å². The molecular formula is C53H39N5. The molecule has 0 N–H and O–H groups in total. The number of fused-ring (bicyclic) bond motifs is 10. The fourth-order valence-electron chi connectivity index (χ4n) is 11.1. The minimum Gasteiger partial charge on any atom is -0.316 e. The van der Waals surface area contributed by atoms with E-state index in [4.69, 9.17) is 9.98 Å². The SMILES string of the molecule is CC1C2C(c3ccccc3)=NC(c3ccccc3)=NC12n1c2ccccc2c2cc(-n3c4ccccc4c4cc5c6c(ccn6-c6ccccc6C5(C)C)c43)ccc21. The monoisotopic (exact) mass is 745 g/mol. The van der Waals surface area contributed by atoms with E-state index in [0.717, 1.165) is 28.4 Å². The summed E-state index contributed by atoms with van der Waals surface area (Å²) in [6, 6.07) is 59.9. The zero-order valence-electron chi connectivity index (χ0n) is 32.6. The second-order valence-electron chi connectivity index (χ2n) is 17.0. The molecule has 5 heterocycles. The van der Waals surface area contributed by atoms with Crippen LogP contribution < -0.4 is 0 Å². The Bertz CT molecular complexity index is 3450. The van der Waals surface area contributed by atoms with Crippen LogP contribution >= 0.6 is 0 Å². The van der Waals surface area contributed by atoms with Gasteiger partial charge >= 0.3 is 0 Å². The van der Waals surface area contributed by atoms with Crippen LogP contribution in [0.3, 0.4) is 0 Å². The van der Waals surface area contributed by atoms with Crippen LogP contribution in [-0.2, 0) is 11.1 Å². The number of hydrogen-bond donors (Lipinski definition) is 0. The smallest absolute Gasteiger partial charge is 0.157 e. The molecule has 0 saturated heterocycles. The normalized spacial score (nSPS) is 20.4. The fourth-order valence-corrected chi connectivity index (χ4v) is 11.1. The van der Waals surface area contributed by atoms with Crippen LogP contribution in [-0.4, -0.2) is 25.2 Å². The molecule has 2 aliphatic heterocycles. The molecule has 1 aliphatic carbocycles. The summed E-state index contributed by atoms with van der Waals surface area (Å²) in [6.45, 7) is 7.11. The van der Waals surface area contributed by atoms with Gasteiger partial charge in [0.1, 0.15) is 0 Å². The summed E-state index contributed by atoms with van der Waals surface area (Å²) in [5, 5.41) is 6.30. The predicted molar refractivity (Wildman–Crippen MR) is 239 cm³/mol. The molecule has 7 aromatic carbocycles. The first kappa shape index (κ1) is 32.1. The van der Waals surface area contributed by atoms with E-state index in [1.807, 2.05) is 0 Å². The molecule has 0 bridgehead atoms. The van der Waals surface area contributed by atoms with E-state index < -0.39 is 5.66 Å². The molecule has 58 heavy (non-hydrogen) atoms. The highest BCUT2D eigenvalue weighted by Crippen LogP contribution is 2.63. The van der Waals surface area contributed by atoms with E-state index in [1.165, 1.54) is 71.3 Å². The maximum absolute atomic E-state index is 5.68. The van der Waals surface area contributed by atoms with Crippen molar-refractivity contribution in [3.05, 3.63) is 192 Å². The number of para-hydroxylation sites is 3. The summed E-state index contributed by atoms with van der Waals surface area (Å²) in [4.78, 5) is 11.0. The summed E-state index contributed by atoms with van der Waals surface area (Å²) in [5.74, 6) is 1.17. The van der Waals surface area contributed by atoms with Crippen LogP contribution in [0.2, 0.25) is 0 Å². The molecule has 276 valence electrons. The number of nitrogens with zero attached hydrogens (tertiary/aromatic N) is 5. The Balaban J connectivity index is 1.08. The van der Waals surface area contributed by atoms with Gasteiger partial charge in [-0.3, -0.25) is 0 Å². The fraction of sp³-hybridized carbons (Fsp3) is 0.132. The Hall–Kier alpha value is -6.98. The molecule has 1 saturated carbocycles. The van der Waals surface area contributed by atoms with Crippen molar-refractivity contribution in [3.63, 3.8) is 0 Å². The van der Waals surface area contributed by atoms with Gasteiger partial charge in [-0.25, -0.2) is 9.98 Å². The molecule has 5 heteroatoms. The third-order valence-electron chi connectivity index (χ3n) is 13.8. The van der Waals surface area contributed by atoms with Crippen molar-refractivity contribution < 1.29 is 0 Å². The topological polar surface area (TPSA) is 39.5 Å². The molecule has 3 unspecified atom stereocenters. The number of hydrogen-bond acceptors (Lipinski definition) is 2. The van der Waals surface area contributed by atoms with Gasteiger partial charge in [-0.05, 0) is 65.2 Å². The van der Waals surface area contributed by atoms with E-state index in [2.05, 4.69) is 204 Å². The molecule has 13 rings (SSSR count). The zero-order chi connectivity index (χ0) is 38.5. The highest BCUT2D eigenvalue weighted by Gasteiger charge is 2.68. The average molecular weight is 746 g/mol. The Morgan fingerprint density at radius 3 is 1.98 bits per heavy atom. The van der Waals surface area contributed by atoms with Crippen molar-refractivity contribution >= 4 is 66.1 Å². The van der Waals surface area contributed by atoms with Crippen LogP contribution in [0.1, 0.15) is 43.0 Å². The molecule has 3 aromatic heterocycles. The van der Waals surface area contributed by atoms with Gasteiger partial charge in [0.2, 0.25) is 0 Å². The minimum atomic E-state index is -0.518. The molecule has 1 fully saturated rings. The number of rotatable bonds is 4. The number of aliphatic imine (C=N–C) groups is 2. The molecule has 5 nitrogen and oxygen atoms in total. The Kier molecular flexibility index (Phi) is 6.16. The molecule has 0 radical (unpaired) electrons. The third kappa shape index (κ3) is 3.96. The molecular weight excluding hydrogens is 707 g/mol. The summed E-state index contributed by atoms with van der Waals surface area (Å²) in [7, 11) is 0. The first-order chi connectivity index (χ1) is 28.4. The molecule has 3 atom stereocenters. The zero-order valence-corrected chi connectivity index (χ0v) is 32.6.